The van der Waals surface area contributed by atoms with Crippen molar-refractivity contribution in [1.82, 2.24) is 0 Å². The summed E-state index contributed by atoms with van der Waals surface area (Å²) in [5.41, 5.74) is 2.05. The van der Waals surface area contributed by atoms with Crippen LogP contribution in [0.3, 0.4) is 0 Å². The maximum atomic E-state index is 8.93. The molecule has 2 rings (SSSR count). The minimum atomic E-state index is 0.365. The fraction of sp³-hybridized carbons (Fsp3) is 0.125. The number of hydrogen-bond acceptors (Lipinski definition) is 4. The highest BCUT2D eigenvalue weighted by atomic mass is 16.5. The van der Waals surface area contributed by atoms with Crippen molar-refractivity contribution < 1.29 is 9.47 Å². The highest BCUT2D eigenvalue weighted by molar-refractivity contribution is 5.44. The van der Waals surface area contributed by atoms with E-state index in [0.717, 1.165) is 5.56 Å². The minimum Gasteiger partial charge on any atom is -0.497 e. The van der Waals surface area contributed by atoms with E-state index in [0.29, 0.717) is 29.2 Å². The number of nitrogens with zero attached hydrogens (tertiary/aromatic N) is 2. The van der Waals surface area contributed by atoms with Gasteiger partial charge in [0.15, 0.2) is 0 Å². The van der Waals surface area contributed by atoms with E-state index in [-0.39, 0.29) is 0 Å². The molecule has 2 aromatic carbocycles. The van der Waals surface area contributed by atoms with Crippen LogP contribution < -0.4 is 9.47 Å². The monoisotopic (exact) mass is 264 g/mol. The summed E-state index contributed by atoms with van der Waals surface area (Å²) in [6.45, 7) is 0.365. The van der Waals surface area contributed by atoms with Crippen LogP contribution in [0, 0.1) is 22.7 Å². The van der Waals surface area contributed by atoms with E-state index in [4.69, 9.17) is 20.0 Å². The normalized spacial score (nSPS) is 9.35. The Morgan fingerprint density at radius 2 is 1.55 bits per heavy atom. The van der Waals surface area contributed by atoms with Crippen LogP contribution in [0.5, 0.6) is 11.5 Å². The molecular weight excluding hydrogens is 252 g/mol. The summed E-state index contributed by atoms with van der Waals surface area (Å²) in [7, 11) is 1.54. The molecule has 0 bridgehead atoms. The molecule has 0 atom stereocenters. The van der Waals surface area contributed by atoms with Crippen molar-refractivity contribution in [3.05, 3.63) is 59.2 Å². The summed E-state index contributed by atoms with van der Waals surface area (Å²) in [6, 6.07) is 16.3. The van der Waals surface area contributed by atoms with Crippen molar-refractivity contribution in [3.63, 3.8) is 0 Å². The molecule has 98 valence electrons. The second-order valence-electron chi connectivity index (χ2n) is 4.11. The molecule has 0 fully saturated rings. The first-order valence-electron chi connectivity index (χ1n) is 5.96. The minimum absolute atomic E-state index is 0.365. The largest absolute Gasteiger partial charge is 0.497 e. The zero-order valence-corrected chi connectivity index (χ0v) is 11.0. The van der Waals surface area contributed by atoms with Crippen LogP contribution in [-0.2, 0) is 6.61 Å². The molecule has 0 aliphatic heterocycles. The Kier molecular flexibility index (Phi) is 4.21. The van der Waals surface area contributed by atoms with Crippen LogP contribution in [0.15, 0.2) is 42.5 Å². The Labute approximate surface area is 117 Å². The maximum Gasteiger partial charge on any atom is 0.124 e. The van der Waals surface area contributed by atoms with Gasteiger partial charge in [-0.25, -0.2) is 0 Å². The van der Waals surface area contributed by atoms with Gasteiger partial charge in [-0.15, -0.1) is 0 Å². The van der Waals surface area contributed by atoms with Gasteiger partial charge in [-0.3, -0.25) is 0 Å². The van der Waals surface area contributed by atoms with Crippen LogP contribution >= 0.6 is 0 Å². The molecule has 0 N–H and O–H groups in total. The number of hydrogen-bond donors (Lipinski definition) is 0. The van der Waals surface area contributed by atoms with Gasteiger partial charge in [-0.05, 0) is 29.8 Å². The lowest BCUT2D eigenvalue weighted by atomic mass is 10.1. The van der Waals surface area contributed by atoms with Crippen molar-refractivity contribution in [2.75, 3.05) is 7.11 Å². The molecule has 0 saturated carbocycles. The average Bonchev–Trinajstić information content (AvgIpc) is 2.53. The molecule has 0 aromatic heterocycles. The van der Waals surface area contributed by atoms with Crippen LogP contribution in [0.25, 0.3) is 0 Å². The molecule has 2 aromatic rings. The Bertz CT molecular complexity index is 679. The van der Waals surface area contributed by atoms with E-state index in [9.17, 15) is 0 Å². The van der Waals surface area contributed by atoms with Crippen molar-refractivity contribution in [3.8, 4) is 23.6 Å². The summed E-state index contributed by atoms with van der Waals surface area (Å²) >= 11 is 0. The number of nitriles is 2. The fourth-order valence-corrected chi connectivity index (χ4v) is 1.68. The van der Waals surface area contributed by atoms with Crippen LogP contribution in [0.4, 0.5) is 0 Å². The molecule has 0 radical (unpaired) electrons. The SMILES string of the molecule is COc1cc(C#N)cc(OCc2ccc(C#N)cc2)c1. The molecule has 0 unspecified atom stereocenters. The van der Waals surface area contributed by atoms with Crippen LogP contribution in [0.2, 0.25) is 0 Å². The molecular formula is C16H12N2O2. The molecule has 0 heterocycles. The van der Waals surface area contributed by atoms with Gasteiger partial charge >= 0.3 is 0 Å². The zero-order chi connectivity index (χ0) is 14.4. The van der Waals surface area contributed by atoms with Gasteiger partial charge in [0.05, 0.1) is 30.4 Å². The average molecular weight is 264 g/mol. The Morgan fingerprint density at radius 1 is 0.900 bits per heavy atom. The van der Waals surface area contributed by atoms with E-state index >= 15 is 0 Å². The fourth-order valence-electron chi connectivity index (χ4n) is 1.68. The first-order chi connectivity index (χ1) is 9.75. The van der Waals surface area contributed by atoms with E-state index < -0.39 is 0 Å². The Morgan fingerprint density at radius 3 is 2.15 bits per heavy atom. The predicted molar refractivity (Wildman–Crippen MR) is 73.2 cm³/mol. The number of ether oxygens (including phenoxy) is 2. The number of benzene rings is 2. The molecule has 0 spiro atoms. The molecule has 20 heavy (non-hydrogen) atoms. The Balaban J connectivity index is 2.10. The molecule has 4 nitrogen and oxygen atoms in total. The lowest BCUT2D eigenvalue weighted by Crippen LogP contribution is -1.96. The van der Waals surface area contributed by atoms with Crippen molar-refractivity contribution in [1.29, 1.82) is 10.5 Å². The van der Waals surface area contributed by atoms with Crippen LogP contribution in [-0.4, -0.2) is 7.11 Å². The van der Waals surface area contributed by atoms with Crippen molar-refractivity contribution >= 4 is 0 Å². The number of methoxy groups -OCH3 is 1. The topological polar surface area (TPSA) is 66.0 Å². The summed E-state index contributed by atoms with van der Waals surface area (Å²) in [5.74, 6) is 1.16. The van der Waals surface area contributed by atoms with Gasteiger partial charge in [-0.2, -0.15) is 10.5 Å². The second-order valence-corrected chi connectivity index (χ2v) is 4.11. The van der Waals surface area contributed by atoms with Gasteiger partial charge in [-0.1, -0.05) is 12.1 Å². The first kappa shape index (κ1) is 13.5. The van der Waals surface area contributed by atoms with Gasteiger partial charge in [0.2, 0.25) is 0 Å². The third kappa shape index (κ3) is 3.28. The zero-order valence-electron chi connectivity index (χ0n) is 11.0. The lowest BCUT2D eigenvalue weighted by Gasteiger charge is -2.08. The third-order valence-corrected chi connectivity index (χ3v) is 2.73. The summed E-state index contributed by atoms with van der Waals surface area (Å²) < 4.78 is 10.7. The maximum absolute atomic E-state index is 8.93. The summed E-state index contributed by atoms with van der Waals surface area (Å²) in [5, 5.41) is 17.7. The quantitative estimate of drug-likeness (QED) is 0.851. The van der Waals surface area contributed by atoms with E-state index in [1.54, 1.807) is 37.4 Å². The third-order valence-electron chi connectivity index (χ3n) is 2.73. The van der Waals surface area contributed by atoms with Gasteiger partial charge in [0.1, 0.15) is 18.1 Å². The van der Waals surface area contributed by atoms with E-state index in [1.807, 2.05) is 12.1 Å². The molecule has 4 heteroatoms. The molecule has 0 aliphatic carbocycles. The van der Waals surface area contributed by atoms with Crippen molar-refractivity contribution in [2.24, 2.45) is 0 Å². The summed E-state index contributed by atoms with van der Waals surface area (Å²) in [4.78, 5) is 0. The molecule has 0 aliphatic rings. The van der Waals surface area contributed by atoms with E-state index in [2.05, 4.69) is 12.1 Å². The van der Waals surface area contributed by atoms with Crippen LogP contribution in [0.1, 0.15) is 16.7 Å². The first-order valence-corrected chi connectivity index (χ1v) is 5.96. The highest BCUT2D eigenvalue weighted by Crippen LogP contribution is 2.23. The van der Waals surface area contributed by atoms with Gasteiger partial charge in [0.25, 0.3) is 0 Å². The van der Waals surface area contributed by atoms with Gasteiger partial charge in [0, 0.05) is 6.07 Å². The lowest BCUT2D eigenvalue weighted by molar-refractivity contribution is 0.303. The molecule has 0 amide bonds. The number of rotatable bonds is 4. The van der Waals surface area contributed by atoms with E-state index in [1.165, 1.54) is 0 Å². The second kappa shape index (κ2) is 6.26. The van der Waals surface area contributed by atoms with Gasteiger partial charge < -0.3 is 9.47 Å². The Hall–Kier alpha value is -2.98. The smallest absolute Gasteiger partial charge is 0.124 e. The predicted octanol–water partition coefficient (Wildman–Crippen LogP) is 3.02. The molecule has 0 saturated heterocycles. The van der Waals surface area contributed by atoms with Crippen molar-refractivity contribution in [2.45, 2.75) is 6.61 Å². The summed E-state index contributed by atoms with van der Waals surface area (Å²) in [6.07, 6.45) is 0. The standard InChI is InChI=1S/C16H12N2O2/c1-19-15-6-14(10-18)7-16(8-15)20-11-13-4-2-12(9-17)3-5-13/h2-8H,11H2,1H3. The highest BCUT2D eigenvalue weighted by Gasteiger charge is 2.03.